The lowest BCUT2D eigenvalue weighted by molar-refractivity contribution is -0.138. The van der Waals surface area contributed by atoms with Gasteiger partial charge in [0.05, 0.1) is 16.1 Å². The van der Waals surface area contributed by atoms with Crippen LogP contribution in [0.1, 0.15) is 40.0 Å². The van der Waals surface area contributed by atoms with E-state index in [2.05, 4.69) is 25.6 Å². The number of thiophene rings is 1. The number of nitrogens with one attached hydrogen (secondary N) is 2. The van der Waals surface area contributed by atoms with E-state index in [1.165, 1.54) is 18.7 Å². The first-order valence-electron chi connectivity index (χ1n) is 9.90. The third kappa shape index (κ3) is 4.70. The van der Waals surface area contributed by atoms with Crippen molar-refractivity contribution in [3.8, 4) is 0 Å². The molecule has 10 heteroatoms. The Labute approximate surface area is 187 Å². The molecule has 0 aromatic carbocycles. The molecule has 0 unspecified atom stereocenters. The molecule has 0 radical (unpaired) electrons. The maximum atomic E-state index is 12.8. The SMILES string of the molecule is CNc1nc(SCC(=O)c2ccc([C@@](C)(O)C(=O)NC3CC3)s2)c2nc(C)ccc2n1. The van der Waals surface area contributed by atoms with E-state index in [1.54, 1.807) is 19.2 Å². The molecular formula is C21H23N5O3S2. The fraction of sp³-hybridized carbons (Fsp3) is 0.381. The number of fused-ring (bicyclic) bond motifs is 1. The molecule has 1 aliphatic carbocycles. The molecule has 0 bridgehead atoms. The molecule has 1 aliphatic rings. The number of anilines is 1. The fourth-order valence-corrected chi connectivity index (χ4v) is 4.86. The van der Waals surface area contributed by atoms with Gasteiger partial charge in [0.25, 0.3) is 5.91 Å². The normalized spacial score (nSPS) is 15.5. The lowest BCUT2D eigenvalue weighted by Crippen LogP contribution is -2.42. The number of hydrogen-bond donors (Lipinski definition) is 3. The van der Waals surface area contributed by atoms with Gasteiger partial charge in [-0.3, -0.25) is 9.59 Å². The van der Waals surface area contributed by atoms with Gasteiger partial charge in [-0.15, -0.1) is 11.3 Å². The molecule has 0 aliphatic heterocycles. The van der Waals surface area contributed by atoms with Crippen molar-refractivity contribution in [3.05, 3.63) is 39.7 Å². The number of carbonyl (C=O) groups is 2. The molecule has 3 aromatic rings. The van der Waals surface area contributed by atoms with Crippen LogP contribution < -0.4 is 10.6 Å². The maximum absolute atomic E-state index is 12.8. The Morgan fingerprint density at radius 1 is 1.23 bits per heavy atom. The number of aliphatic hydroxyl groups is 1. The highest BCUT2D eigenvalue weighted by molar-refractivity contribution is 8.00. The minimum absolute atomic E-state index is 0.106. The van der Waals surface area contributed by atoms with Gasteiger partial charge in [-0.2, -0.15) is 0 Å². The zero-order valence-corrected chi connectivity index (χ0v) is 19.1. The van der Waals surface area contributed by atoms with Crippen molar-refractivity contribution < 1.29 is 14.7 Å². The quantitative estimate of drug-likeness (QED) is 0.269. The summed E-state index contributed by atoms with van der Waals surface area (Å²) in [7, 11) is 1.74. The monoisotopic (exact) mass is 457 g/mol. The zero-order chi connectivity index (χ0) is 22.2. The van der Waals surface area contributed by atoms with Crippen LogP contribution in [0.15, 0.2) is 29.3 Å². The largest absolute Gasteiger partial charge is 0.375 e. The van der Waals surface area contributed by atoms with Gasteiger partial charge in [0.15, 0.2) is 11.4 Å². The summed E-state index contributed by atoms with van der Waals surface area (Å²) in [6.07, 6.45) is 1.88. The average Bonchev–Trinajstić information content (AvgIpc) is 3.41. The third-order valence-corrected chi connectivity index (χ3v) is 7.23. The molecule has 1 amide bonds. The van der Waals surface area contributed by atoms with Gasteiger partial charge in [0.2, 0.25) is 5.95 Å². The van der Waals surface area contributed by atoms with Crippen molar-refractivity contribution in [1.29, 1.82) is 0 Å². The first-order valence-corrected chi connectivity index (χ1v) is 11.7. The van der Waals surface area contributed by atoms with Gasteiger partial charge >= 0.3 is 0 Å². The van der Waals surface area contributed by atoms with E-state index in [0.717, 1.165) is 29.9 Å². The summed E-state index contributed by atoms with van der Waals surface area (Å²) < 4.78 is 0. The van der Waals surface area contributed by atoms with Gasteiger partial charge in [-0.1, -0.05) is 11.8 Å². The van der Waals surface area contributed by atoms with Crippen molar-refractivity contribution in [2.45, 2.75) is 43.4 Å². The second kappa shape index (κ2) is 8.52. The second-order valence-corrected chi connectivity index (χ2v) is 9.67. The first kappa shape index (κ1) is 21.7. The lowest BCUT2D eigenvalue weighted by atomic mass is 10.0. The minimum atomic E-state index is -1.66. The molecule has 3 heterocycles. The van der Waals surface area contributed by atoms with Crippen LogP contribution in [0.3, 0.4) is 0 Å². The predicted molar refractivity (Wildman–Crippen MR) is 122 cm³/mol. The number of rotatable bonds is 8. The van der Waals surface area contributed by atoms with Crippen LogP contribution in [0.25, 0.3) is 11.0 Å². The summed E-state index contributed by atoms with van der Waals surface area (Å²) in [6, 6.07) is 7.21. The number of amides is 1. The predicted octanol–water partition coefficient (Wildman–Crippen LogP) is 2.90. The molecule has 1 saturated carbocycles. The first-order chi connectivity index (χ1) is 14.8. The van der Waals surface area contributed by atoms with Gasteiger partial charge < -0.3 is 15.7 Å². The van der Waals surface area contributed by atoms with Crippen LogP contribution in [0.5, 0.6) is 0 Å². The highest BCUT2D eigenvalue weighted by Crippen LogP contribution is 2.32. The number of hydrogen-bond acceptors (Lipinski definition) is 9. The fourth-order valence-electron chi connectivity index (χ4n) is 2.92. The number of nitrogens with zero attached hydrogens (tertiary/aromatic N) is 3. The number of aromatic nitrogens is 3. The summed E-state index contributed by atoms with van der Waals surface area (Å²) in [5.74, 6) is 0.0781. The van der Waals surface area contributed by atoms with Crippen molar-refractivity contribution in [2.75, 3.05) is 18.1 Å². The van der Waals surface area contributed by atoms with Crippen LogP contribution in [-0.2, 0) is 10.4 Å². The van der Waals surface area contributed by atoms with E-state index in [4.69, 9.17) is 0 Å². The summed E-state index contributed by atoms with van der Waals surface area (Å²) in [4.78, 5) is 39.5. The van der Waals surface area contributed by atoms with Crippen molar-refractivity contribution in [1.82, 2.24) is 20.3 Å². The highest BCUT2D eigenvalue weighted by atomic mass is 32.2. The molecule has 1 fully saturated rings. The van der Waals surface area contributed by atoms with E-state index in [1.807, 2.05) is 19.1 Å². The number of thioether (sulfide) groups is 1. The second-order valence-electron chi connectivity index (χ2n) is 7.62. The topological polar surface area (TPSA) is 117 Å². The van der Waals surface area contributed by atoms with Crippen LogP contribution >= 0.6 is 23.1 Å². The molecule has 0 saturated heterocycles. The van der Waals surface area contributed by atoms with Gasteiger partial charge in [0, 0.05) is 23.7 Å². The smallest absolute Gasteiger partial charge is 0.257 e. The highest BCUT2D eigenvalue weighted by Gasteiger charge is 2.37. The van der Waals surface area contributed by atoms with E-state index in [0.29, 0.717) is 31.8 Å². The Hall–Kier alpha value is -2.56. The van der Waals surface area contributed by atoms with Gasteiger partial charge in [-0.05, 0) is 51.0 Å². The lowest BCUT2D eigenvalue weighted by Gasteiger charge is -2.20. The van der Waals surface area contributed by atoms with Crippen LogP contribution in [0.2, 0.25) is 0 Å². The molecule has 0 spiro atoms. The molecule has 3 aromatic heterocycles. The summed E-state index contributed by atoms with van der Waals surface area (Å²) >= 11 is 2.43. The minimum Gasteiger partial charge on any atom is -0.375 e. The molecule has 162 valence electrons. The van der Waals surface area contributed by atoms with Crippen molar-refractivity contribution in [2.24, 2.45) is 0 Å². The van der Waals surface area contributed by atoms with Crippen molar-refractivity contribution in [3.63, 3.8) is 0 Å². The zero-order valence-electron chi connectivity index (χ0n) is 17.4. The molecular weight excluding hydrogens is 434 g/mol. The summed E-state index contributed by atoms with van der Waals surface area (Å²) in [6.45, 7) is 3.35. The third-order valence-electron chi connectivity index (χ3n) is 4.93. The van der Waals surface area contributed by atoms with Gasteiger partial charge in [-0.25, -0.2) is 15.0 Å². The van der Waals surface area contributed by atoms with Crippen molar-refractivity contribution >= 4 is 51.8 Å². The summed E-state index contributed by atoms with van der Waals surface area (Å²) in [5, 5.41) is 17.1. The Morgan fingerprint density at radius 2 is 2.00 bits per heavy atom. The number of ketones is 1. The maximum Gasteiger partial charge on any atom is 0.257 e. The summed E-state index contributed by atoms with van der Waals surface area (Å²) in [5.41, 5.74) is 0.542. The molecule has 8 nitrogen and oxygen atoms in total. The van der Waals surface area contributed by atoms with E-state index in [9.17, 15) is 14.7 Å². The van der Waals surface area contributed by atoms with Crippen LogP contribution in [-0.4, -0.2) is 50.6 Å². The Kier molecular flexibility index (Phi) is 5.96. The Morgan fingerprint density at radius 3 is 2.71 bits per heavy atom. The van der Waals surface area contributed by atoms with E-state index < -0.39 is 11.5 Å². The van der Waals surface area contributed by atoms with Crippen LogP contribution in [0.4, 0.5) is 5.95 Å². The van der Waals surface area contributed by atoms with Crippen LogP contribution in [0, 0.1) is 6.92 Å². The standard InChI is InChI=1S/C21H23N5O3S2/c1-11-4-7-13-17(23-11)18(26-20(22-3)25-13)30-10-14(27)15-8-9-16(31-15)21(2,29)19(28)24-12-5-6-12/h4,7-9,12,29H,5-6,10H2,1-3H3,(H,24,28)(H,22,25,26)/t21-/m1/s1. The molecule has 31 heavy (non-hydrogen) atoms. The molecule has 4 rings (SSSR count). The van der Waals surface area contributed by atoms with E-state index >= 15 is 0 Å². The van der Waals surface area contributed by atoms with Gasteiger partial charge in [0.1, 0.15) is 10.5 Å². The average molecular weight is 458 g/mol. The number of carbonyl (C=O) groups excluding carboxylic acids is 2. The Bertz CT molecular complexity index is 1160. The molecule has 3 N–H and O–H groups in total. The number of aryl methyl sites for hydroxylation is 1. The number of pyridine rings is 1. The number of Topliss-reactive ketones (excluding diaryl/α,β-unsaturated/α-hetero) is 1. The molecule has 1 atom stereocenters. The Balaban J connectivity index is 1.50. The van der Waals surface area contributed by atoms with E-state index in [-0.39, 0.29) is 17.6 Å².